The van der Waals surface area contributed by atoms with Crippen LogP contribution < -0.4 is 0 Å². The second kappa shape index (κ2) is 23.2. The average molecular weight is 362 g/mol. The van der Waals surface area contributed by atoms with Crippen LogP contribution in [0.3, 0.4) is 0 Å². The van der Waals surface area contributed by atoms with Gasteiger partial charge in [-0.25, -0.2) is 0 Å². The molecule has 0 aliphatic carbocycles. The van der Waals surface area contributed by atoms with Crippen LogP contribution in [0.15, 0.2) is 0 Å². The van der Waals surface area contributed by atoms with Crippen LogP contribution in [0.1, 0.15) is 123 Å². The lowest BCUT2D eigenvalue weighted by Gasteiger charge is -2.16. The zero-order valence-corrected chi connectivity index (χ0v) is 18.1. The summed E-state index contributed by atoms with van der Waals surface area (Å²) < 4.78 is 0. The van der Waals surface area contributed by atoms with Crippen molar-refractivity contribution < 1.29 is 0 Å². The zero-order chi connectivity index (χ0) is 17.0. The zero-order valence-electron chi connectivity index (χ0n) is 17.3. The summed E-state index contributed by atoms with van der Waals surface area (Å²) >= 11 is 0. The summed E-state index contributed by atoms with van der Waals surface area (Å²) in [6, 6.07) is 0. The summed E-state index contributed by atoms with van der Waals surface area (Å²) in [5.41, 5.74) is 0. The van der Waals surface area contributed by atoms with E-state index in [1.165, 1.54) is 122 Å². The van der Waals surface area contributed by atoms with Crippen LogP contribution >= 0.6 is 12.4 Å². The highest BCUT2D eigenvalue weighted by Gasteiger charge is 1.99. The molecule has 0 saturated heterocycles. The van der Waals surface area contributed by atoms with E-state index in [2.05, 4.69) is 25.8 Å². The molecule has 0 aliphatic rings. The molecule has 0 atom stereocenters. The Balaban J connectivity index is 0. The Morgan fingerprint density at radius 3 is 0.958 bits per heavy atom. The third-order valence-electron chi connectivity index (χ3n) is 5.04. The molecule has 0 spiro atoms. The molecule has 0 bridgehead atoms. The second-order valence-corrected chi connectivity index (χ2v) is 7.61. The van der Waals surface area contributed by atoms with E-state index in [9.17, 15) is 0 Å². The fourth-order valence-electron chi connectivity index (χ4n) is 3.32. The van der Waals surface area contributed by atoms with Crippen molar-refractivity contribution >= 4 is 12.4 Å². The van der Waals surface area contributed by atoms with Crippen LogP contribution in [-0.4, -0.2) is 25.0 Å². The van der Waals surface area contributed by atoms with Crippen LogP contribution in [0.5, 0.6) is 0 Å². The number of hydrogen-bond donors (Lipinski definition) is 0. The third kappa shape index (κ3) is 22.2. The Kier molecular flexibility index (Phi) is 25.7. The number of hydrogen-bond acceptors (Lipinski definition) is 1. The van der Waals surface area contributed by atoms with Gasteiger partial charge in [0.15, 0.2) is 0 Å². The van der Waals surface area contributed by atoms with Gasteiger partial charge in [0, 0.05) is 0 Å². The molecule has 0 saturated carbocycles. The Labute approximate surface area is 160 Å². The van der Waals surface area contributed by atoms with Crippen molar-refractivity contribution in [3.05, 3.63) is 0 Å². The molecule has 0 aromatic carbocycles. The molecule has 0 unspecified atom stereocenters. The van der Waals surface area contributed by atoms with Crippen LogP contribution in [0.2, 0.25) is 0 Å². The maximum absolute atomic E-state index is 2.55. The molecule has 0 aliphatic heterocycles. The minimum atomic E-state index is 0. The molecule has 0 N–H and O–H groups in total. The van der Waals surface area contributed by atoms with Gasteiger partial charge in [-0.15, -0.1) is 12.4 Å². The Hall–Kier alpha value is 0.250. The van der Waals surface area contributed by atoms with Crippen molar-refractivity contribution in [1.82, 2.24) is 4.90 Å². The molecule has 0 aromatic heterocycles. The van der Waals surface area contributed by atoms with Crippen molar-refractivity contribution in [2.75, 3.05) is 20.1 Å². The van der Waals surface area contributed by atoms with Crippen molar-refractivity contribution in [2.45, 2.75) is 123 Å². The lowest BCUT2D eigenvalue weighted by atomic mass is 10.1. The van der Waals surface area contributed by atoms with E-state index in [1.54, 1.807) is 0 Å². The predicted molar refractivity (Wildman–Crippen MR) is 115 cm³/mol. The summed E-state index contributed by atoms with van der Waals surface area (Å²) in [4.78, 5) is 2.55. The van der Waals surface area contributed by atoms with Crippen LogP contribution in [0.4, 0.5) is 0 Å². The molecular formula is C22H48ClN. The first-order valence-electron chi connectivity index (χ1n) is 11.0. The smallest absolute Gasteiger partial charge is 0.00218 e. The van der Waals surface area contributed by atoms with Gasteiger partial charge in [0.2, 0.25) is 0 Å². The number of nitrogens with zero attached hydrogens (tertiary/aromatic N) is 1. The Bertz CT molecular complexity index is 208. The first-order chi connectivity index (χ1) is 11.3. The Morgan fingerprint density at radius 2 is 0.667 bits per heavy atom. The molecule has 0 rings (SSSR count). The number of halogens is 1. The molecule has 0 heterocycles. The molecule has 0 radical (unpaired) electrons. The first kappa shape index (κ1) is 26.5. The van der Waals surface area contributed by atoms with Gasteiger partial charge in [-0.3, -0.25) is 0 Å². The summed E-state index contributed by atoms with van der Waals surface area (Å²) in [7, 11) is 2.31. The molecule has 148 valence electrons. The highest BCUT2D eigenvalue weighted by Crippen LogP contribution is 2.11. The van der Waals surface area contributed by atoms with E-state index in [4.69, 9.17) is 0 Å². The van der Waals surface area contributed by atoms with Gasteiger partial charge >= 0.3 is 0 Å². The van der Waals surface area contributed by atoms with Gasteiger partial charge < -0.3 is 4.90 Å². The molecule has 2 heteroatoms. The van der Waals surface area contributed by atoms with Gasteiger partial charge in [-0.1, -0.05) is 110 Å². The van der Waals surface area contributed by atoms with Crippen LogP contribution in [-0.2, 0) is 0 Å². The third-order valence-corrected chi connectivity index (χ3v) is 5.04. The molecule has 0 fully saturated rings. The summed E-state index contributed by atoms with van der Waals surface area (Å²) in [6.07, 6.45) is 24.4. The number of unbranched alkanes of at least 4 members (excludes halogenated alkanes) is 15. The summed E-state index contributed by atoms with van der Waals surface area (Å²) in [6.45, 7) is 7.21. The summed E-state index contributed by atoms with van der Waals surface area (Å²) in [5.74, 6) is 0. The SMILES string of the molecule is CCCCCCCCCCCN(C)CCCCCCCCCC.Cl. The van der Waals surface area contributed by atoms with E-state index in [1.807, 2.05) is 0 Å². The molecule has 24 heavy (non-hydrogen) atoms. The summed E-state index contributed by atoms with van der Waals surface area (Å²) in [5, 5.41) is 0. The highest BCUT2D eigenvalue weighted by atomic mass is 35.5. The minimum Gasteiger partial charge on any atom is -0.306 e. The minimum absolute atomic E-state index is 0. The monoisotopic (exact) mass is 361 g/mol. The molecule has 0 aromatic rings. The number of rotatable bonds is 19. The fraction of sp³-hybridized carbons (Fsp3) is 1.00. The van der Waals surface area contributed by atoms with Crippen LogP contribution in [0.25, 0.3) is 0 Å². The first-order valence-corrected chi connectivity index (χ1v) is 11.0. The standard InChI is InChI=1S/C22H47N.ClH/c1-4-6-8-10-12-14-16-18-20-22-23(3)21-19-17-15-13-11-9-7-5-2;/h4-22H2,1-3H3;1H. The normalized spacial score (nSPS) is 11.0. The molecular weight excluding hydrogens is 314 g/mol. The van der Waals surface area contributed by atoms with Crippen molar-refractivity contribution in [3.63, 3.8) is 0 Å². The van der Waals surface area contributed by atoms with Crippen molar-refractivity contribution in [3.8, 4) is 0 Å². The van der Waals surface area contributed by atoms with E-state index >= 15 is 0 Å². The lowest BCUT2D eigenvalue weighted by Crippen LogP contribution is -2.20. The van der Waals surface area contributed by atoms with Crippen molar-refractivity contribution in [2.24, 2.45) is 0 Å². The second-order valence-electron chi connectivity index (χ2n) is 7.61. The van der Waals surface area contributed by atoms with Gasteiger partial charge in [0.05, 0.1) is 0 Å². The molecule has 0 amide bonds. The highest BCUT2D eigenvalue weighted by molar-refractivity contribution is 5.85. The van der Waals surface area contributed by atoms with E-state index < -0.39 is 0 Å². The predicted octanol–water partition coefficient (Wildman–Crippen LogP) is 8.01. The van der Waals surface area contributed by atoms with Gasteiger partial charge in [-0.2, -0.15) is 0 Å². The van der Waals surface area contributed by atoms with Crippen molar-refractivity contribution in [1.29, 1.82) is 0 Å². The topological polar surface area (TPSA) is 3.24 Å². The Morgan fingerprint density at radius 1 is 0.417 bits per heavy atom. The maximum Gasteiger partial charge on any atom is -0.00218 e. The average Bonchev–Trinajstić information content (AvgIpc) is 2.56. The maximum atomic E-state index is 2.55. The fourth-order valence-corrected chi connectivity index (χ4v) is 3.32. The van der Waals surface area contributed by atoms with Gasteiger partial charge in [0.25, 0.3) is 0 Å². The van der Waals surface area contributed by atoms with Gasteiger partial charge in [0.1, 0.15) is 0 Å². The van der Waals surface area contributed by atoms with E-state index in [0.717, 1.165) is 0 Å². The van der Waals surface area contributed by atoms with Crippen LogP contribution in [0, 0.1) is 0 Å². The largest absolute Gasteiger partial charge is 0.306 e. The quantitative estimate of drug-likeness (QED) is 0.210. The van der Waals surface area contributed by atoms with E-state index in [-0.39, 0.29) is 12.4 Å². The lowest BCUT2D eigenvalue weighted by molar-refractivity contribution is 0.314. The van der Waals surface area contributed by atoms with Gasteiger partial charge in [-0.05, 0) is 33.0 Å². The molecule has 1 nitrogen and oxygen atoms in total. The van der Waals surface area contributed by atoms with E-state index in [0.29, 0.717) is 0 Å².